The average molecular weight is 651 g/mol. The summed E-state index contributed by atoms with van der Waals surface area (Å²) in [6.45, 7) is 2.13. The van der Waals surface area contributed by atoms with Crippen LogP contribution in [-0.2, 0) is 29.0 Å². The van der Waals surface area contributed by atoms with Crippen LogP contribution < -0.4 is 19.3 Å². The van der Waals surface area contributed by atoms with Crippen LogP contribution in [-0.4, -0.2) is 56.4 Å². The maximum absolute atomic E-state index is 14.3. The maximum Gasteiger partial charge on any atom is 0.296 e. The molecule has 10 nitrogen and oxygen atoms in total. The topological polar surface area (TPSA) is 103 Å². The van der Waals surface area contributed by atoms with E-state index in [1.54, 1.807) is 57.1 Å². The summed E-state index contributed by atoms with van der Waals surface area (Å²) < 4.78 is 43.2. The van der Waals surface area contributed by atoms with E-state index in [0.29, 0.717) is 35.8 Å². The number of hydrogen-bond donors (Lipinski definition) is 0. The van der Waals surface area contributed by atoms with Gasteiger partial charge < -0.3 is 14.4 Å². The van der Waals surface area contributed by atoms with Crippen LogP contribution in [0.4, 0.5) is 5.69 Å². The number of benzene rings is 3. The third-order valence-corrected chi connectivity index (χ3v) is 11.4. The van der Waals surface area contributed by atoms with Gasteiger partial charge in [0, 0.05) is 20.6 Å². The van der Waals surface area contributed by atoms with Crippen LogP contribution in [0, 0.1) is 6.92 Å². The number of nitrogens with zero attached hydrogens (tertiary/aromatic N) is 4. The third-order valence-electron chi connectivity index (χ3n) is 9.32. The highest BCUT2D eigenvalue weighted by Gasteiger charge is 2.50. The number of fused-ring (bicyclic) bond motifs is 2. The molecular weight excluding hydrogens is 616 g/mol. The van der Waals surface area contributed by atoms with Gasteiger partial charge in [-0.1, -0.05) is 29.8 Å². The van der Waals surface area contributed by atoms with Gasteiger partial charge in [0.1, 0.15) is 5.69 Å². The van der Waals surface area contributed by atoms with Gasteiger partial charge in [-0.25, -0.2) is 13.1 Å². The first kappa shape index (κ1) is 30.8. The van der Waals surface area contributed by atoms with E-state index in [1.807, 2.05) is 23.1 Å². The lowest BCUT2D eigenvalue weighted by molar-refractivity contribution is 0.00687. The minimum Gasteiger partial charge on any atom is -0.493 e. The van der Waals surface area contributed by atoms with Gasteiger partial charge in [0.2, 0.25) is 0 Å². The molecule has 2 heterocycles. The highest BCUT2D eigenvalue weighted by Crippen LogP contribution is 2.52. The van der Waals surface area contributed by atoms with E-state index in [0.717, 1.165) is 34.7 Å². The number of carbonyl (C=O) groups excluding carboxylic acids is 1. The van der Waals surface area contributed by atoms with Crippen LogP contribution in [0.15, 0.2) is 70.4 Å². The summed E-state index contributed by atoms with van der Waals surface area (Å²) >= 11 is 6.59. The molecule has 1 spiro atoms. The normalized spacial score (nSPS) is 15.4. The highest BCUT2D eigenvalue weighted by atomic mass is 35.5. The molecule has 1 amide bonds. The average Bonchev–Trinajstić information content (AvgIpc) is 3.25. The van der Waals surface area contributed by atoms with Crippen molar-refractivity contribution in [3.05, 3.63) is 98.4 Å². The summed E-state index contributed by atoms with van der Waals surface area (Å²) in [4.78, 5) is 29.6. The predicted octanol–water partition coefficient (Wildman–Crippen LogP) is 5.06. The van der Waals surface area contributed by atoms with Crippen molar-refractivity contribution in [3.63, 3.8) is 0 Å². The summed E-state index contributed by atoms with van der Waals surface area (Å²) in [7, 11) is 1.96. The third kappa shape index (κ3) is 4.71. The quantitative estimate of drug-likeness (QED) is 0.277. The monoisotopic (exact) mass is 650 g/mol. The lowest BCUT2D eigenvalue weighted by Crippen LogP contribution is -2.57. The van der Waals surface area contributed by atoms with Gasteiger partial charge >= 0.3 is 0 Å². The Morgan fingerprint density at radius 1 is 1.00 bits per heavy atom. The van der Waals surface area contributed by atoms with Gasteiger partial charge in [-0.3, -0.25) is 18.6 Å². The second-order valence-electron chi connectivity index (χ2n) is 11.5. The Balaban J connectivity index is 1.38. The number of sulfonamides is 1. The second-order valence-corrected chi connectivity index (χ2v) is 13.9. The molecule has 6 rings (SSSR count). The van der Waals surface area contributed by atoms with E-state index in [9.17, 15) is 18.0 Å². The van der Waals surface area contributed by atoms with Gasteiger partial charge in [-0.15, -0.1) is 0 Å². The SMILES string of the molecule is COc1cc2c(cc1OC)C1(CCC1)N(C(=O)c1cc(S(=O)(=O)N(C)c3c(C)n(C)n(-c4ccccc4)c3=O)ccc1Cl)CC2. The van der Waals surface area contributed by atoms with Crippen molar-refractivity contribution < 1.29 is 22.7 Å². The zero-order valence-electron chi connectivity index (χ0n) is 25.8. The van der Waals surface area contributed by atoms with Crippen LogP contribution in [0.2, 0.25) is 5.02 Å². The minimum absolute atomic E-state index is 0.00890. The molecule has 1 aromatic heterocycles. The predicted molar refractivity (Wildman–Crippen MR) is 173 cm³/mol. The first-order valence-corrected chi connectivity index (χ1v) is 16.5. The van der Waals surface area contributed by atoms with Crippen LogP contribution in [0.1, 0.15) is 46.4 Å². The van der Waals surface area contributed by atoms with Gasteiger partial charge in [0.15, 0.2) is 11.5 Å². The molecule has 1 fully saturated rings. The van der Waals surface area contributed by atoms with Crippen molar-refractivity contribution in [2.45, 2.75) is 43.0 Å². The molecule has 1 saturated carbocycles. The number of methoxy groups -OCH3 is 2. The van der Waals surface area contributed by atoms with Crippen molar-refractivity contribution in [3.8, 4) is 17.2 Å². The number of amides is 1. The van der Waals surface area contributed by atoms with Gasteiger partial charge in [0.05, 0.1) is 46.6 Å². The zero-order valence-corrected chi connectivity index (χ0v) is 27.4. The molecule has 2 aliphatic rings. The van der Waals surface area contributed by atoms with E-state index < -0.39 is 21.1 Å². The second kappa shape index (κ2) is 11.3. The summed E-state index contributed by atoms with van der Waals surface area (Å²) in [5.74, 6) is 0.885. The molecule has 1 aliphatic heterocycles. The minimum atomic E-state index is -4.26. The number of halogens is 1. The number of carbonyl (C=O) groups is 1. The molecule has 3 aromatic carbocycles. The molecule has 0 bridgehead atoms. The number of aromatic nitrogens is 2. The Morgan fingerprint density at radius 3 is 2.29 bits per heavy atom. The zero-order chi connectivity index (χ0) is 32.3. The fourth-order valence-electron chi connectivity index (χ4n) is 6.67. The van der Waals surface area contributed by atoms with Gasteiger partial charge in [-0.2, -0.15) is 0 Å². The van der Waals surface area contributed by atoms with Crippen molar-refractivity contribution in [1.29, 1.82) is 0 Å². The van der Waals surface area contributed by atoms with Gasteiger partial charge in [-0.05, 0) is 86.2 Å². The number of ether oxygens (including phenoxy) is 2. The lowest BCUT2D eigenvalue weighted by Gasteiger charge is -2.54. The molecule has 0 atom stereocenters. The smallest absolute Gasteiger partial charge is 0.296 e. The molecule has 0 saturated heterocycles. The number of anilines is 1. The summed E-state index contributed by atoms with van der Waals surface area (Å²) in [5.41, 5.74) is 2.24. The first-order valence-electron chi connectivity index (χ1n) is 14.7. The van der Waals surface area contributed by atoms with E-state index >= 15 is 0 Å². The molecular formula is C33H35ClN4O6S. The Morgan fingerprint density at radius 2 is 1.67 bits per heavy atom. The van der Waals surface area contributed by atoms with Gasteiger partial charge in [0.25, 0.3) is 21.5 Å². The standard InChI is InChI=1S/C33H35ClN4O6S/c1-21-30(32(40)38(35(21)2)23-10-7-6-8-11-23)36(3)45(41,42)24-12-13-27(34)25(19-24)31(39)37-17-14-22-18-28(43-4)29(44-5)20-26(22)33(37)15-9-16-33/h6-8,10-13,18-20H,9,14-17H2,1-5H3. The van der Waals surface area contributed by atoms with Crippen LogP contribution in [0.25, 0.3) is 5.69 Å². The summed E-state index contributed by atoms with van der Waals surface area (Å²) in [6, 6.07) is 17.0. The number of rotatable bonds is 7. The number of para-hydroxylation sites is 1. The van der Waals surface area contributed by atoms with Crippen LogP contribution in [0.3, 0.4) is 0 Å². The highest BCUT2D eigenvalue weighted by molar-refractivity contribution is 7.92. The Labute approximate surface area is 267 Å². The molecule has 4 aromatic rings. The fraction of sp³-hybridized carbons (Fsp3) is 0.333. The van der Waals surface area contributed by atoms with Crippen LogP contribution in [0.5, 0.6) is 11.5 Å². The largest absolute Gasteiger partial charge is 0.493 e. The first-order chi connectivity index (χ1) is 21.5. The lowest BCUT2D eigenvalue weighted by atomic mass is 9.66. The van der Waals surface area contributed by atoms with Crippen LogP contribution >= 0.6 is 11.6 Å². The van der Waals surface area contributed by atoms with E-state index in [1.165, 1.54) is 29.9 Å². The Bertz CT molecular complexity index is 1980. The molecule has 1 aliphatic carbocycles. The molecule has 0 unspecified atom stereocenters. The fourth-order valence-corrected chi connectivity index (χ4v) is 8.14. The molecule has 236 valence electrons. The molecule has 0 radical (unpaired) electrons. The maximum atomic E-state index is 14.3. The van der Waals surface area contributed by atoms with E-state index in [-0.39, 0.29) is 27.1 Å². The molecule has 0 N–H and O–H groups in total. The Hall–Kier alpha value is -4.22. The van der Waals surface area contributed by atoms with Crippen molar-refractivity contribution in [1.82, 2.24) is 14.3 Å². The molecule has 45 heavy (non-hydrogen) atoms. The van der Waals surface area contributed by atoms with E-state index in [4.69, 9.17) is 21.1 Å². The van der Waals surface area contributed by atoms with Crippen molar-refractivity contribution in [2.75, 3.05) is 32.1 Å². The Kier molecular flexibility index (Phi) is 7.73. The number of hydrogen-bond acceptors (Lipinski definition) is 6. The van der Waals surface area contributed by atoms with Crippen molar-refractivity contribution >= 4 is 33.2 Å². The van der Waals surface area contributed by atoms with Crippen molar-refractivity contribution in [2.24, 2.45) is 7.05 Å². The molecule has 12 heteroatoms. The summed E-state index contributed by atoms with van der Waals surface area (Å²) in [6.07, 6.45) is 3.07. The summed E-state index contributed by atoms with van der Waals surface area (Å²) in [5, 5.41) is 0.150. The van der Waals surface area contributed by atoms with E-state index in [2.05, 4.69) is 0 Å².